The lowest BCUT2D eigenvalue weighted by molar-refractivity contribution is 0.353. The summed E-state index contributed by atoms with van der Waals surface area (Å²) in [6.45, 7) is 3.99. The molecule has 1 unspecified atom stereocenters. The summed E-state index contributed by atoms with van der Waals surface area (Å²) in [4.78, 5) is 4.37. The third kappa shape index (κ3) is 3.36. The Morgan fingerprint density at radius 3 is 2.60 bits per heavy atom. The first kappa shape index (κ1) is 14.5. The number of hydrogen-bond acceptors (Lipinski definition) is 5. The van der Waals surface area contributed by atoms with E-state index in [0.29, 0.717) is 18.1 Å². The van der Waals surface area contributed by atoms with E-state index >= 15 is 0 Å². The van der Waals surface area contributed by atoms with Gasteiger partial charge in [-0.05, 0) is 37.5 Å². The number of hydrogen-bond donors (Lipinski definition) is 1. The van der Waals surface area contributed by atoms with E-state index in [2.05, 4.69) is 17.1 Å². The summed E-state index contributed by atoms with van der Waals surface area (Å²) in [5.41, 5.74) is 6.79. The van der Waals surface area contributed by atoms with Crippen LogP contribution in [0.2, 0.25) is 0 Å². The van der Waals surface area contributed by atoms with Gasteiger partial charge in [0.1, 0.15) is 5.75 Å². The summed E-state index contributed by atoms with van der Waals surface area (Å²) in [6, 6.07) is 7.84. The van der Waals surface area contributed by atoms with Crippen molar-refractivity contribution in [3.05, 3.63) is 41.5 Å². The molecule has 0 aliphatic rings. The van der Waals surface area contributed by atoms with Crippen LogP contribution in [0, 0.1) is 0 Å². The second kappa shape index (κ2) is 6.05. The summed E-state index contributed by atoms with van der Waals surface area (Å²) in [7, 11) is 1.65. The molecule has 0 spiro atoms. The van der Waals surface area contributed by atoms with Gasteiger partial charge in [-0.2, -0.15) is 4.98 Å². The van der Waals surface area contributed by atoms with E-state index in [1.165, 1.54) is 0 Å². The molecule has 1 aromatic carbocycles. The van der Waals surface area contributed by atoms with Crippen LogP contribution >= 0.6 is 0 Å². The fourth-order valence-electron chi connectivity index (χ4n) is 2.05. The summed E-state index contributed by atoms with van der Waals surface area (Å²) in [6.07, 6.45) is 2.40. The fraction of sp³-hybridized carbons (Fsp3) is 0.467. The third-order valence-electron chi connectivity index (χ3n) is 3.17. The molecule has 2 N–H and O–H groups in total. The lowest BCUT2D eigenvalue weighted by Gasteiger charge is -2.20. The van der Waals surface area contributed by atoms with Crippen LogP contribution in [0.5, 0.6) is 5.75 Å². The molecule has 2 rings (SSSR count). The van der Waals surface area contributed by atoms with Gasteiger partial charge >= 0.3 is 0 Å². The first-order valence-corrected chi connectivity index (χ1v) is 6.80. The minimum Gasteiger partial charge on any atom is -0.497 e. The van der Waals surface area contributed by atoms with Gasteiger partial charge in [-0.1, -0.05) is 24.2 Å². The Hall–Kier alpha value is -1.88. The number of benzene rings is 1. The number of aromatic nitrogens is 2. The highest BCUT2D eigenvalue weighted by Gasteiger charge is 2.27. The molecule has 2 aromatic rings. The Labute approximate surface area is 119 Å². The molecule has 0 saturated carbocycles. The topological polar surface area (TPSA) is 74.2 Å². The van der Waals surface area contributed by atoms with Crippen molar-refractivity contribution in [1.82, 2.24) is 10.1 Å². The molecule has 5 heteroatoms. The Morgan fingerprint density at radius 1 is 1.30 bits per heavy atom. The van der Waals surface area contributed by atoms with E-state index in [-0.39, 0.29) is 0 Å². The van der Waals surface area contributed by atoms with Gasteiger partial charge in [0.2, 0.25) is 5.89 Å². The molecule has 0 fully saturated rings. The largest absolute Gasteiger partial charge is 0.497 e. The molecule has 0 aliphatic carbocycles. The quantitative estimate of drug-likeness (QED) is 0.876. The molecule has 1 atom stereocenters. The first-order chi connectivity index (χ1) is 9.55. The van der Waals surface area contributed by atoms with Crippen LogP contribution in [0.25, 0.3) is 0 Å². The molecule has 0 saturated heterocycles. The molecule has 0 bridgehead atoms. The summed E-state index contributed by atoms with van der Waals surface area (Å²) in [5, 5.41) is 4.00. The highest BCUT2D eigenvalue weighted by atomic mass is 16.5. The monoisotopic (exact) mass is 275 g/mol. The van der Waals surface area contributed by atoms with Crippen molar-refractivity contribution in [2.24, 2.45) is 5.73 Å². The van der Waals surface area contributed by atoms with Gasteiger partial charge in [0.15, 0.2) is 5.82 Å². The predicted octanol–water partition coefficient (Wildman–Crippen LogP) is 2.45. The Kier molecular flexibility index (Phi) is 4.39. The minimum atomic E-state index is -0.649. The van der Waals surface area contributed by atoms with E-state index in [9.17, 15) is 0 Å². The van der Waals surface area contributed by atoms with E-state index in [1.54, 1.807) is 7.11 Å². The maximum absolute atomic E-state index is 6.33. The predicted molar refractivity (Wildman–Crippen MR) is 76.5 cm³/mol. The van der Waals surface area contributed by atoms with Gasteiger partial charge in [0.25, 0.3) is 0 Å². The summed E-state index contributed by atoms with van der Waals surface area (Å²) >= 11 is 0. The molecular formula is C15H21N3O2. The van der Waals surface area contributed by atoms with Crippen LogP contribution in [-0.2, 0) is 18.4 Å². The van der Waals surface area contributed by atoms with Crippen molar-refractivity contribution in [3.63, 3.8) is 0 Å². The van der Waals surface area contributed by atoms with Crippen molar-refractivity contribution in [1.29, 1.82) is 0 Å². The van der Waals surface area contributed by atoms with Gasteiger partial charge in [0, 0.05) is 6.42 Å². The van der Waals surface area contributed by atoms with Gasteiger partial charge in [-0.25, -0.2) is 0 Å². The lowest BCUT2D eigenvalue weighted by Crippen LogP contribution is -2.36. The Morgan fingerprint density at radius 2 is 2.00 bits per heavy atom. The van der Waals surface area contributed by atoms with E-state index in [1.807, 2.05) is 31.2 Å². The molecule has 0 aliphatic heterocycles. The summed E-state index contributed by atoms with van der Waals surface area (Å²) < 4.78 is 10.3. The van der Waals surface area contributed by atoms with Crippen LogP contribution in [0.4, 0.5) is 0 Å². The zero-order valence-corrected chi connectivity index (χ0v) is 12.2. The molecule has 0 amide bonds. The number of nitrogens with zero attached hydrogens (tertiary/aromatic N) is 2. The van der Waals surface area contributed by atoms with Crippen molar-refractivity contribution < 1.29 is 9.26 Å². The van der Waals surface area contributed by atoms with Crippen LogP contribution < -0.4 is 10.5 Å². The Bertz CT molecular complexity index is 547. The molecule has 20 heavy (non-hydrogen) atoms. The number of nitrogens with two attached hydrogens (primary N) is 1. The van der Waals surface area contributed by atoms with E-state index in [4.69, 9.17) is 15.0 Å². The second-order valence-corrected chi connectivity index (χ2v) is 5.20. The highest BCUT2D eigenvalue weighted by molar-refractivity contribution is 5.28. The normalized spacial score (nSPS) is 14.0. The van der Waals surface area contributed by atoms with Crippen molar-refractivity contribution >= 4 is 0 Å². The molecule has 1 aromatic heterocycles. The average Bonchev–Trinajstić information content (AvgIpc) is 2.89. The SMILES string of the molecule is CCCc1nc(C(C)(N)Cc2ccc(OC)cc2)no1. The van der Waals surface area contributed by atoms with Gasteiger partial charge in [0.05, 0.1) is 12.6 Å². The van der Waals surface area contributed by atoms with E-state index in [0.717, 1.165) is 24.2 Å². The highest BCUT2D eigenvalue weighted by Crippen LogP contribution is 2.22. The van der Waals surface area contributed by atoms with Crippen molar-refractivity contribution in [3.8, 4) is 5.75 Å². The van der Waals surface area contributed by atoms with Gasteiger partial charge in [-0.3, -0.25) is 0 Å². The zero-order chi connectivity index (χ0) is 14.6. The number of ether oxygens (including phenoxy) is 1. The van der Waals surface area contributed by atoms with E-state index < -0.39 is 5.54 Å². The van der Waals surface area contributed by atoms with Crippen LogP contribution in [0.3, 0.4) is 0 Å². The number of rotatable bonds is 6. The zero-order valence-electron chi connectivity index (χ0n) is 12.2. The minimum absolute atomic E-state index is 0.553. The van der Waals surface area contributed by atoms with Crippen LogP contribution in [-0.4, -0.2) is 17.3 Å². The second-order valence-electron chi connectivity index (χ2n) is 5.20. The van der Waals surface area contributed by atoms with Gasteiger partial charge in [-0.15, -0.1) is 0 Å². The Balaban J connectivity index is 2.11. The van der Waals surface area contributed by atoms with Crippen LogP contribution in [0.1, 0.15) is 37.5 Å². The van der Waals surface area contributed by atoms with Crippen molar-refractivity contribution in [2.45, 2.75) is 38.6 Å². The average molecular weight is 275 g/mol. The smallest absolute Gasteiger partial charge is 0.226 e. The standard InChI is InChI=1S/C15H21N3O2/c1-4-5-13-17-14(18-20-13)15(2,16)10-11-6-8-12(19-3)9-7-11/h6-9H,4-5,10,16H2,1-3H3. The van der Waals surface area contributed by atoms with Gasteiger partial charge < -0.3 is 15.0 Å². The molecule has 0 radical (unpaired) electrons. The van der Waals surface area contributed by atoms with Crippen LogP contribution in [0.15, 0.2) is 28.8 Å². The first-order valence-electron chi connectivity index (χ1n) is 6.80. The maximum Gasteiger partial charge on any atom is 0.226 e. The lowest BCUT2D eigenvalue weighted by atomic mass is 9.93. The summed E-state index contributed by atoms with van der Waals surface area (Å²) in [5.74, 6) is 2.03. The fourth-order valence-corrected chi connectivity index (χ4v) is 2.05. The third-order valence-corrected chi connectivity index (χ3v) is 3.17. The molecular weight excluding hydrogens is 254 g/mol. The van der Waals surface area contributed by atoms with Crippen molar-refractivity contribution in [2.75, 3.05) is 7.11 Å². The number of methoxy groups -OCH3 is 1. The molecule has 108 valence electrons. The maximum atomic E-state index is 6.33. The number of aryl methyl sites for hydroxylation is 1. The molecule has 1 heterocycles. The molecule has 5 nitrogen and oxygen atoms in total.